The quantitative estimate of drug-likeness (QED) is 0.690. The number of nitrogens with one attached hydrogen (secondary N) is 1. The predicted molar refractivity (Wildman–Crippen MR) is 82.3 cm³/mol. The molecule has 2 atom stereocenters. The molecule has 0 aromatic heterocycles. The maximum atomic E-state index is 12.3. The van der Waals surface area contributed by atoms with Crippen molar-refractivity contribution in [2.45, 2.75) is 52.2 Å². The molecule has 2 unspecified atom stereocenters. The first-order valence-corrected chi connectivity index (χ1v) is 9.21. The highest BCUT2D eigenvalue weighted by molar-refractivity contribution is 7.89. The number of rotatable bonds is 8. The number of nitrogens with zero attached hydrogens (tertiary/aromatic N) is 1. The summed E-state index contributed by atoms with van der Waals surface area (Å²) in [5, 5.41) is 3.30. The third-order valence-corrected chi connectivity index (χ3v) is 5.85. The van der Waals surface area contributed by atoms with E-state index in [2.05, 4.69) is 26.1 Å². The Morgan fingerprint density at radius 1 is 1.35 bits per heavy atom. The summed E-state index contributed by atoms with van der Waals surface area (Å²) < 4.78 is 31.6. The molecular weight excluding hydrogens is 276 g/mol. The average molecular weight is 306 g/mol. The molecule has 0 amide bonds. The molecule has 1 aliphatic heterocycles. The van der Waals surface area contributed by atoms with Crippen molar-refractivity contribution >= 4 is 10.0 Å². The lowest BCUT2D eigenvalue weighted by Gasteiger charge is -2.35. The van der Waals surface area contributed by atoms with Crippen molar-refractivity contribution in [3.05, 3.63) is 0 Å². The lowest BCUT2D eigenvalue weighted by molar-refractivity contribution is 0.0184. The second-order valence-corrected chi connectivity index (χ2v) is 8.12. The molecule has 0 radical (unpaired) electrons. The van der Waals surface area contributed by atoms with Crippen molar-refractivity contribution in [2.24, 2.45) is 5.92 Å². The highest BCUT2D eigenvalue weighted by Crippen LogP contribution is 2.22. The van der Waals surface area contributed by atoms with E-state index in [1.807, 2.05) is 0 Å². The van der Waals surface area contributed by atoms with Crippen molar-refractivity contribution < 1.29 is 13.2 Å². The fourth-order valence-electron chi connectivity index (χ4n) is 2.49. The lowest BCUT2D eigenvalue weighted by Crippen LogP contribution is -2.47. The minimum Gasteiger partial charge on any atom is -0.380 e. The number of unbranched alkanes of at least 4 members (excludes halogenated alkanes) is 1. The van der Waals surface area contributed by atoms with E-state index < -0.39 is 10.0 Å². The van der Waals surface area contributed by atoms with Crippen LogP contribution in [0, 0.1) is 5.92 Å². The SMILES string of the molecule is COC1CN(S(=O)(=O)CCCCNC(C)C)CCC1C. The Hall–Kier alpha value is -0.170. The van der Waals surface area contributed by atoms with Crippen molar-refractivity contribution in [1.29, 1.82) is 0 Å². The van der Waals surface area contributed by atoms with Gasteiger partial charge in [-0.3, -0.25) is 0 Å². The van der Waals surface area contributed by atoms with E-state index in [1.54, 1.807) is 11.4 Å². The molecule has 0 aromatic carbocycles. The van der Waals surface area contributed by atoms with Gasteiger partial charge in [-0.05, 0) is 31.7 Å². The molecule has 6 heteroatoms. The highest BCUT2D eigenvalue weighted by atomic mass is 32.2. The normalized spacial score (nSPS) is 25.2. The number of piperidine rings is 1. The van der Waals surface area contributed by atoms with Gasteiger partial charge in [0.1, 0.15) is 0 Å². The lowest BCUT2D eigenvalue weighted by atomic mass is 9.97. The van der Waals surface area contributed by atoms with E-state index in [0.717, 1.165) is 19.4 Å². The molecule has 1 aliphatic rings. The van der Waals surface area contributed by atoms with Gasteiger partial charge >= 0.3 is 0 Å². The predicted octanol–water partition coefficient (Wildman–Crippen LogP) is 1.45. The molecule has 120 valence electrons. The Morgan fingerprint density at radius 3 is 2.65 bits per heavy atom. The van der Waals surface area contributed by atoms with Crippen LogP contribution in [-0.4, -0.2) is 57.4 Å². The summed E-state index contributed by atoms with van der Waals surface area (Å²) in [4.78, 5) is 0. The van der Waals surface area contributed by atoms with Crippen molar-refractivity contribution in [3.63, 3.8) is 0 Å². The van der Waals surface area contributed by atoms with Crippen LogP contribution in [0.15, 0.2) is 0 Å². The van der Waals surface area contributed by atoms with Crippen LogP contribution in [0.25, 0.3) is 0 Å². The number of methoxy groups -OCH3 is 1. The summed E-state index contributed by atoms with van der Waals surface area (Å²) in [5.41, 5.74) is 0. The highest BCUT2D eigenvalue weighted by Gasteiger charge is 2.32. The van der Waals surface area contributed by atoms with E-state index in [9.17, 15) is 8.42 Å². The van der Waals surface area contributed by atoms with Gasteiger partial charge in [-0.1, -0.05) is 20.8 Å². The molecule has 1 N–H and O–H groups in total. The fraction of sp³-hybridized carbons (Fsp3) is 1.00. The summed E-state index contributed by atoms with van der Waals surface area (Å²) in [6.45, 7) is 8.32. The molecule has 1 rings (SSSR count). The molecule has 1 fully saturated rings. The standard InChI is InChI=1S/C14H30N2O3S/c1-12(2)15-8-5-6-10-20(17,18)16-9-7-13(3)14(11-16)19-4/h12-15H,5-11H2,1-4H3. The van der Waals surface area contributed by atoms with Crippen molar-refractivity contribution in [2.75, 3.05) is 32.5 Å². The fourth-order valence-corrected chi connectivity index (χ4v) is 4.08. The zero-order valence-electron chi connectivity index (χ0n) is 13.3. The monoisotopic (exact) mass is 306 g/mol. The number of hydrogen-bond acceptors (Lipinski definition) is 4. The Balaban J connectivity index is 2.36. The maximum Gasteiger partial charge on any atom is 0.214 e. The third kappa shape index (κ3) is 5.68. The Labute approximate surface area is 124 Å². The summed E-state index contributed by atoms with van der Waals surface area (Å²) in [6, 6.07) is 0.456. The number of hydrogen-bond donors (Lipinski definition) is 1. The molecule has 1 saturated heterocycles. The number of sulfonamides is 1. The molecule has 0 saturated carbocycles. The van der Waals surface area contributed by atoms with Crippen LogP contribution in [0.1, 0.15) is 40.0 Å². The first kappa shape index (κ1) is 17.9. The van der Waals surface area contributed by atoms with Crippen molar-refractivity contribution in [3.8, 4) is 0 Å². The van der Waals surface area contributed by atoms with Crippen LogP contribution < -0.4 is 5.32 Å². The van der Waals surface area contributed by atoms with E-state index in [0.29, 0.717) is 31.5 Å². The first-order chi connectivity index (χ1) is 9.36. The van der Waals surface area contributed by atoms with Crippen LogP contribution >= 0.6 is 0 Å². The smallest absolute Gasteiger partial charge is 0.214 e. The molecule has 5 nitrogen and oxygen atoms in total. The molecule has 20 heavy (non-hydrogen) atoms. The second-order valence-electron chi connectivity index (χ2n) is 6.03. The van der Waals surface area contributed by atoms with E-state index >= 15 is 0 Å². The van der Waals surface area contributed by atoms with Crippen molar-refractivity contribution in [1.82, 2.24) is 9.62 Å². The van der Waals surface area contributed by atoms with Gasteiger partial charge in [0.25, 0.3) is 0 Å². The Bertz CT molecular complexity index is 371. The minimum atomic E-state index is -3.12. The van der Waals surface area contributed by atoms with Crippen LogP contribution in [-0.2, 0) is 14.8 Å². The molecule has 0 aromatic rings. The summed E-state index contributed by atoms with van der Waals surface area (Å²) in [6.07, 6.45) is 2.52. The number of ether oxygens (including phenoxy) is 1. The van der Waals surface area contributed by atoms with Crippen LogP contribution in [0.5, 0.6) is 0 Å². The first-order valence-electron chi connectivity index (χ1n) is 7.61. The molecule has 0 aliphatic carbocycles. The maximum absolute atomic E-state index is 12.3. The van der Waals surface area contributed by atoms with Gasteiger partial charge in [-0.25, -0.2) is 8.42 Å². The Kier molecular flexibility index (Phi) is 7.43. The van der Waals surface area contributed by atoms with E-state index in [1.165, 1.54) is 0 Å². The van der Waals surface area contributed by atoms with Gasteiger partial charge in [0.2, 0.25) is 10.0 Å². The second kappa shape index (κ2) is 8.32. The van der Waals surface area contributed by atoms with Crippen LogP contribution in [0.3, 0.4) is 0 Å². The molecular formula is C14H30N2O3S. The summed E-state index contributed by atoms with van der Waals surface area (Å²) in [7, 11) is -1.46. The van der Waals surface area contributed by atoms with Gasteiger partial charge in [-0.2, -0.15) is 4.31 Å². The zero-order valence-corrected chi connectivity index (χ0v) is 14.1. The summed E-state index contributed by atoms with van der Waals surface area (Å²) >= 11 is 0. The molecule has 0 bridgehead atoms. The topological polar surface area (TPSA) is 58.6 Å². The molecule has 0 spiro atoms. The largest absolute Gasteiger partial charge is 0.380 e. The van der Waals surface area contributed by atoms with Crippen LogP contribution in [0.4, 0.5) is 0 Å². The average Bonchev–Trinajstić information content (AvgIpc) is 2.38. The minimum absolute atomic E-state index is 0.0288. The van der Waals surface area contributed by atoms with Gasteiger partial charge in [-0.15, -0.1) is 0 Å². The molecule has 1 heterocycles. The third-order valence-electron chi connectivity index (χ3n) is 3.93. The van der Waals surface area contributed by atoms with E-state index in [4.69, 9.17) is 4.74 Å². The van der Waals surface area contributed by atoms with Gasteiger partial charge in [0, 0.05) is 26.2 Å². The van der Waals surface area contributed by atoms with Crippen LogP contribution in [0.2, 0.25) is 0 Å². The van der Waals surface area contributed by atoms with Gasteiger partial charge < -0.3 is 10.1 Å². The Morgan fingerprint density at radius 2 is 2.05 bits per heavy atom. The zero-order chi connectivity index (χ0) is 15.2. The summed E-state index contributed by atoms with van der Waals surface area (Å²) in [5.74, 6) is 0.680. The van der Waals surface area contributed by atoms with Gasteiger partial charge in [0.05, 0.1) is 11.9 Å². The van der Waals surface area contributed by atoms with E-state index in [-0.39, 0.29) is 11.9 Å². The van der Waals surface area contributed by atoms with Gasteiger partial charge in [0.15, 0.2) is 0 Å².